The number of carbonyl (C=O) groups excluding carboxylic acids is 1. The fraction of sp³-hybridized carbons (Fsp3) is 0.667. The van der Waals surface area contributed by atoms with Gasteiger partial charge < -0.3 is 10.4 Å². The summed E-state index contributed by atoms with van der Waals surface area (Å²) in [6.07, 6.45) is 0.814. The molecule has 1 aromatic heterocycles. The Labute approximate surface area is 129 Å². The first-order valence-electron chi connectivity index (χ1n) is 7.12. The Balaban J connectivity index is 2.68. The van der Waals surface area contributed by atoms with Crippen molar-refractivity contribution in [2.24, 2.45) is 5.92 Å². The highest BCUT2D eigenvalue weighted by molar-refractivity contribution is 7.09. The third kappa shape index (κ3) is 5.12. The first kappa shape index (κ1) is 17.6. The van der Waals surface area contributed by atoms with Crippen molar-refractivity contribution in [1.29, 1.82) is 0 Å². The van der Waals surface area contributed by atoms with Crippen LogP contribution in [0.25, 0.3) is 0 Å². The topological polar surface area (TPSA) is 79.3 Å². The maximum Gasteiger partial charge on any atom is 0.326 e. The smallest absolute Gasteiger partial charge is 0.326 e. The molecular weight excluding hydrogens is 288 g/mol. The van der Waals surface area contributed by atoms with E-state index in [0.29, 0.717) is 12.1 Å². The third-order valence-corrected chi connectivity index (χ3v) is 4.65. The van der Waals surface area contributed by atoms with Crippen LogP contribution in [0.1, 0.15) is 51.7 Å². The average Bonchev–Trinajstić information content (AvgIpc) is 2.83. The molecule has 0 aromatic carbocycles. The summed E-state index contributed by atoms with van der Waals surface area (Å²) < 4.78 is 0. The van der Waals surface area contributed by atoms with Gasteiger partial charge in [-0.1, -0.05) is 41.0 Å². The molecule has 0 aliphatic carbocycles. The fourth-order valence-corrected chi connectivity index (χ4v) is 2.71. The molecule has 1 amide bonds. The highest BCUT2D eigenvalue weighted by Gasteiger charge is 2.26. The molecule has 21 heavy (non-hydrogen) atoms. The lowest BCUT2D eigenvalue weighted by molar-refractivity contribution is -0.143. The molecule has 118 valence electrons. The van der Waals surface area contributed by atoms with Crippen molar-refractivity contribution >= 4 is 23.2 Å². The Morgan fingerprint density at radius 1 is 1.43 bits per heavy atom. The van der Waals surface area contributed by atoms with Crippen molar-refractivity contribution in [3.8, 4) is 0 Å². The lowest BCUT2D eigenvalue weighted by Crippen LogP contribution is -2.45. The lowest BCUT2D eigenvalue weighted by atomic mass is 9.98. The van der Waals surface area contributed by atoms with Gasteiger partial charge in [0.15, 0.2) is 0 Å². The molecule has 2 atom stereocenters. The normalized spacial score (nSPS) is 14.5. The van der Waals surface area contributed by atoms with Gasteiger partial charge in [0.1, 0.15) is 6.04 Å². The van der Waals surface area contributed by atoms with Gasteiger partial charge in [-0.25, -0.2) is 9.78 Å². The minimum Gasteiger partial charge on any atom is -0.480 e. The molecule has 0 saturated heterocycles. The van der Waals surface area contributed by atoms with Crippen LogP contribution in [0.3, 0.4) is 0 Å². The van der Waals surface area contributed by atoms with E-state index >= 15 is 0 Å². The average molecular weight is 312 g/mol. The predicted molar refractivity (Wildman–Crippen MR) is 83.5 cm³/mol. The Morgan fingerprint density at radius 2 is 2.05 bits per heavy atom. The molecule has 6 heteroatoms. The molecule has 1 heterocycles. The Morgan fingerprint density at radius 3 is 2.48 bits per heavy atom. The Hall–Kier alpha value is -1.43. The van der Waals surface area contributed by atoms with Crippen molar-refractivity contribution < 1.29 is 14.7 Å². The number of hydrogen-bond donors (Lipinski definition) is 2. The van der Waals surface area contributed by atoms with E-state index in [1.807, 2.05) is 19.2 Å². The summed E-state index contributed by atoms with van der Waals surface area (Å²) in [7, 11) is 0. The van der Waals surface area contributed by atoms with Crippen molar-refractivity contribution in [2.75, 3.05) is 0 Å². The largest absolute Gasteiger partial charge is 0.480 e. The minimum atomic E-state index is -0.994. The van der Waals surface area contributed by atoms with Gasteiger partial charge >= 0.3 is 5.97 Å². The summed E-state index contributed by atoms with van der Waals surface area (Å²) in [6, 6.07) is -0.844. The van der Waals surface area contributed by atoms with Gasteiger partial charge in [-0.3, -0.25) is 4.79 Å². The van der Waals surface area contributed by atoms with Crippen LogP contribution in [-0.2, 0) is 21.4 Å². The van der Waals surface area contributed by atoms with Gasteiger partial charge in [0, 0.05) is 10.8 Å². The maximum absolute atomic E-state index is 12.0. The second-order valence-corrected chi connectivity index (χ2v) is 7.20. The number of nitrogens with zero attached hydrogens (tertiary/aromatic N) is 1. The summed E-state index contributed by atoms with van der Waals surface area (Å²) >= 11 is 1.53. The van der Waals surface area contributed by atoms with E-state index in [9.17, 15) is 14.7 Å². The summed E-state index contributed by atoms with van der Waals surface area (Å²) in [5.74, 6) is -1.40. The molecule has 2 N–H and O–H groups in total. The summed E-state index contributed by atoms with van der Waals surface area (Å²) in [4.78, 5) is 27.6. The van der Waals surface area contributed by atoms with E-state index in [0.717, 1.165) is 5.01 Å². The molecule has 1 aromatic rings. The van der Waals surface area contributed by atoms with Crippen LogP contribution >= 0.6 is 11.3 Å². The number of nitrogens with one attached hydrogen (secondary N) is 1. The molecule has 0 aliphatic rings. The Bertz CT molecular complexity index is 505. The van der Waals surface area contributed by atoms with Gasteiger partial charge in [-0.2, -0.15) is 0 Å². The van der Waals surface area contributed by atoms with Crippen LogP contribution in [0.4, 0.5) is 0 Å². The Kier molecular flexibility index (Phi) is 5.89. The number of aromatic nitrogens is 1. The molecule has 0 unspecified atom stereocenters. The number of carboxylic acid groups (broad SMARTS) is 1. The molecule has 5 nitrogen and oxygen atoms in total. The van der Waals surface area contributed by atoms with Gasteiger partial charge in [0.05, 0.1) is 17.1 Å². The molecule has 0 aliphatic heterocycles. The van der Waals surface area contributed by atoms with Gasteiger partial charge in [-0.05, 0) is 5.92 Å². The van der Waals surface area contributed by atoms with Gasteiger partial charge in [0.25, 0.3) is 0 Å². The van der Waals surface area contributed by atoms with Crippen LogP contribution in [0.15, 0.2) is 5.38 Å². The lowest BCUT2D eigenvalue weighted by Gasteiger charge is -2.19. The number of carboxylic acids is 1. The molecule has 0 radical (unpaired) electrons. The monoisotopic (exact) mass is 312 g/mol. The highest BCUT2D eigenvalue weighted by atomic mass is 32.1. The van der Waals surface area contributed by atoms with Crippen LogP contribution < -0.4 is 5.32 Å². The maximum atomic E-state index is 12.0. The second-order valence-electron chi connectivity index (χ2n) is 6.34. The second kappa shape index (κ2) is 7.02. The van der Waals surface area contributed by atoms with Gasteiger partial charge in [0.2, 0.25) is 5.91 Å². The molecular formula is C15H24N2O3S. The van der Waals surface area contributed by atoms with E-state index < -0.39 is 12.0 Å². The van der Waals surface area contributed by atoms with E-state index in [1.54, 1.807) is 0 Å². The standard InChI is InChI=1S/C15H24N2O3S/c1-6-9(2)12(13(19)20)17-11(18)7-10-8-21-14(16-10)15(3,4)5/h8-9,12H,6-7H2,1-5H3,(H,17,18)(H,19,20)/t9-,12-/m0/s1. The number of amides is 1. The van der Waals surface area contributed by atoms with Crippen molar-refractivity contribution in [3.63, 3.8) is 0 Å². The quantitative estimate of drug-likeness (QED) is 0.846. The summed E-state index contributed by atoms with van der Waals surface area (Å²) in [5, 5.41) is 14.6. The highest BCUT2D eigenvalue weighted by Crippen LogP contribution is 2.25. The van der Waals surface area contributed by atoms with E-state index in [1.165, 1.54) is 11.3 Å². The summed E-state index contributed by atoms with van der Waals surface area (Å²) in [5.41, 5.74) is 0.649. The van der Waals surface area contributed by atoms with Crippen molar-refractivity contribution in [1.82, 2.24) is 10.3 Å². The first-order chi connectivity index (χ1) is 9.65. The molecule has 0 saturated carbocycles. The molecule has 1 rings (SSSR count). The van der Waals surface area contributed by atoms with Gasteiger partial charge in [-0.15, -0.1) is 11.3 Å². The number of thiazole rings is 1. The molecule has 0 fully saturated rings. The third-order valence-electron chi connectivity index (χ3n) is 3.33. The number of carbonyl (C=O) groups is 2. The van der Waals surface area contributed by atoms with Crippen LogP contribution in [-0.4, -0.2) is 28.0 Å². The first-order valence-corrected chi connectivity index (χ1v) is 8.00. The van der Waals surface area contributed by atoms with Crippen LogP contribution in [0.5, 0.6) is 0 Å². The minimum absolute atomic E-state index is 0.0419. The zero-order valence-corrected chi connectivity index (χ0v) is 14.1. The molecule has 0 spiro atoms. The number of aliphatic carboxylic acids is 1. The fourth-order valence-electron chi connectivity index (χ4n) is 1.80. The zero-order chi connectivity index (χ0) is 16.2. The van der Waals surface area contributed by atoms with E-state index in [-0.39, 0.29) is 23.7 Å². The predicted octanol–water partition coefficient (Wildman–Crippen LogP) is 2.60. The van der Waals surface area contributed by atoms with E-state index in [4.69, 9.17) is 0 Å². The van der Waals surface area contributed by atoms with E-state index in [2.05, 4.69) is 31.1 Å². The summed E-state index contributed by atoms with van der Waals surface area (Å²) in [6.45, 7) is 9.93. The van der Waals surface area contributed by atoms with Crippen LogP contribution in [0, 0.1) is 5.92 Å². The van der Waals surface area contributed by atoms with Crippen molar-refractivity contribution in [2.45, 2.75) is 58.9 Å². The SMILES string of the molecule is CC[C@H](C)[C@H](NC(=O)Cc1csc(C(C)(C)C)n1)C(=O)O. The van der Waals surface area contributed by atoms with Crippen molar-refractivity contribution in [3.05, 3.63) is 16.1 Å². The van der Waals surface area contributed by atoms with Crippen LogP contribution in [0.2, 0.25) is 0 Å². The number of hydrogen-bond acceptors (Lipinski definition) is 4. The zero-order valence-electron chi connectivity index (χ0n) is 13.3. The molecule has 0 bridgehead atoms. The number of rotatable bonds is 6.